The second kappa shape index (κ2) is 12.6. The first kappa shape index (κ1) is 33.1. The minimum Gasteiger partial charge on any atom is -0.341 e. The Morgan fingerprint density at radius 1 is 0.509 bits per heavy atom. The molecule has 0 radical (unpaired) electrons. The Hall–Kier alpha value is -5.26. The molecule has 11 rings (SSSR count). The molecule has 0 bridgehead atoms. The van der Waals surface area contributed by atoms with Gasteiger partial charge in [-0.3, -0.25) is 0 Å². The maximum Gasteiger partial charge on any atom is 0.128 e. The Bertz CT molecular complexity index is 2700. The molecule has 2 unspecified atom stereocenters. The van der Waals surface area contributed by atoms with E-state index >= 15 is 0 Å². The molecule has 1 heterocycles. The van der Waals surface area contributed by atoms with Gasteiger partial charge in [0.2, 0.25) is 0 Å². The van der Waals surface area contributed by atoms with Crippen LogP contribution in [0.15, 0.2) is 133 Å². The molecule has 2 atom stereocenters. The zero-order chi connectivity index (χ0) is 36.8. The van der Waals surface area contributed by atoms with E-state index < -0.39 is 15.2 Å². The highest BCUT2D eigenvalue weighted by atomic mass is 31.2. The molecular weight excluding hydrogens is 703 g/mol. The van der Waals surface area contributed by atoms with Crippen LogP contribution < -0.4 is 41.6 Å². The Labute approximate surface area is 327 Å². The van der Waals surface area contributed by atoms with E-state index in [-0.39, 0.29) is 0 Å². The standard InChI is InChI=1S/C51H43N2P2/c1-52-44-30-36-16-10-18-38(36)32-47(44)54(40-20-6-4-7-21-40)46-28-26-34-14-12-24-42(34)50(46)53(2)51-43-25-13-15-35(43)27-29-48(51)55(3,41-22-8-5-9-23-41)49-33-39-19-11-17-37(39)31-45(49)52/h4-14,16,19-23,25-33H,15,17-18,24H2,1-3H3/q+1. The lowest BCUT2D eigenvalue weighted by Gasteiger charge is -2.38. The highest BCUT2D eigenvalue weighted by Gasteiger charge is 2.48. The summed E-state index contributed by atoms with van der Waals surface area (Å²) < 4.78 is 0. The number of hydrogen-bond donors (Lipinski definition) is 0. The van der Waals surface area contributed by atoms with Gasteiger partial charge in [0.05, 0.1) is 23.7 Å². The van der Waals surface area contributed by atoms with Crippen molar-refractivity contribution in [3.63, 3.8) is 0 Å². The molecule has 4 heteroatoms. The highest BCUT2D eigenvalue weighted by Crippen LogP contribution is 2.59. The van der Waals surface area contributed by atoms with Gasteiger partial charge < -0.3 is 9.80 Å². The predicted molar refractivity (Wildman–Crippen MR) is 243 cm³/mol. The van der Waals surface area contributed by atoms with Crippen LogP contribution in [0.25, 0.3) is 24.3 Å². The van der Waals surface area contributed by atoms with Gasteiger partial charge in [-0.05, 0) is 120 Å². The third-order valence-electron chi connectivity index (χ3n) is 12.7. The second-order valence-electron chi connectivity index (χ2n) is 15.6. The van der Waals surface area contributed by atoms with E-state index in [1.807, 2.05) is 0 Å². The Balaban J connectivity index is 1.34. The van der Waals surface area contributed by atoms with E-state index in [9.17, 15) is 0 Å². The Morgan fingerprint density at radius 2 is 1.18 bits per heavy atom. The summed E-state index contributed by atoms with van der Waals surface area (Å²) in [6, 6.07) is 42.9. The molecule has 0 N–H and O–H groups in total. The van der Waals surface area contributed by atoms with Crippen LogP contribution in [0.2, 0.25) is 0 Å². The van der Waals surface area contributed by atoms with E-state index in [0.29, 0.717) is 0 Å². The number of anilines is 4. The van der Waals surface area contributed by atoms with Crippen molar-refractivity contribution in [3.05, 3.63) is 178 Å². The predicted octanol–water partition coefficient (Wildman–Crippen LogP) is 9.49. The molecule has 0 saturated heterocycles. The van der Waals surface area contributed by atoms with Crippen molar-refractivity contribution in [3.8, 4) is 0 Å². The van der Waals surface area contributed by atoms with Crippen molar-refractivity contribution in [1.82, 2.24) is 0 Å². The topological polar surface area (TPSA) is 6.48 Å². The van der Waals surface area contributed by atoms with Gasteiger partial charge in [-0.2, -0.15) is 0 Å². The smallest absolute Gasteiger partial charge is 0.128 e. The van der Waals surface area contributed by atoms with Crippen LogP contribution in [0.4, 0.5) is 22.7 Å². The number of allylic oxidation sites excluding steroid dienone is 4. The van der Waals surface area contributed by atoms with Gasteiger partial charge in [0, 0.05) is 36.0 Å². The molecule has 6 aromatic carbocycles. The second-order valence-corrected chi connectivity index (χ2v) is 21.3. The maximum atomic E-state index is 2.65. The zero-order valence-corrected chi connectivity index (χ0v) is 33.4. The van der Waals surface area contributed by atoms with Gasteiger partial charge in [-0.25, -0.2) is 0 Å². The first-order valence-electron chi connectivity index (χ1n) is 19.6. The number of fused-ring (bicyclic) bond motifs is 10. The number of benzene rings is 6. The molecule has 4 aliphatic carbocycles. The summed E-state index contributed by atoms with van der Waals surface area (Å²) >= 11 is 0. The van der Waals surface area contributed by atoms with Gasteiger partial charge in [-0.15, -0.1) is 0 Å². The van der Waals surface area contributed by atoms with E-state index in [1.54, 1.807) is 0 Å². The fourth-order valence-electron chi connectivity index (χ4n) is 9.89. The van der Waals surface area contributed by atoms with Crippen molar-refractivity contribution >= 4 is 94.1 Å². The molecule has 0 spiro atoms. The third-order valence-corrected chi connectivity index (χ3v) is 19.2. The Morgan fingerprint density at radius 3 is 1.98 bits per heavy atom. The van der Waals surface area contributed by atoms with Crippen molar-refractivity contribution < 1.29 is 0 Å². The molecule has 1 aliphatic heterocycles. The van der Waals surface area contributed by atoms with Gasteiger partial charge in [-0.1, -0.05) is 115 Å². The van der Waals surface area contributed by atoms with Crippen molar-refractivity contribution in [2.45, 2.75) is 25.7 Å². The average Bonchev–Trinajstić information content (AvgIpc) is 4.07. The molecule has 266 valence electrons. The number of hydrogen-bond acceptors (Lipinski definition) is 2. The third kappa shape index (κ3) is 4.94. The highest BCUT2D eigenvalue weighted by molar-refractivity contribution is 7.95. The summed E-state index contributed by atoms with van der Waals surface area (Å²) in [4.78, 5) is 5.24. The molecule has 0 fully saturated rings. The first-order valence-corrected chi connectivity index (χ1v) is 23.1. The lowest BCUT2D eigenvalue weighted by molar-refractivity contribution is 1.16. The van der Waals surface area contributed by atoms with Crippen molar-refractivity contribution in [2.75, 3.05) is 30.6 Å². The fourth-order valence-corrected chi connectivity index (χ4v) is 16.3. The number of nitrogens with zero attached hydrogens (tertiary/aromatic N) is 2. The largest absolute Gasteiger partial charge is 0.341 e. The van der Waals surface area contributed by atoms with E-state index in [0.717, 1.165) is 25.7 Å². The molecule has 0 aromatic heterocycles. The van der Waals surface area contributed by atoms with Crippen LogP contribution >= 0.6 is 15.2 Å². The Kier molecular flexibility index (Phi) is 7.61. The summed E-state index contributed by atoms with van der Waals surface area (Å²) in [5.41, 5.74) is 16.5. The normalized spacial score (nSPS) is 19.5. The molecule has 0 amide bonds. The summed E-state index contributed by atoms with van der Waals surface area (Å²) in [7, 11) is 1.46. The van der Waals surface area contributed by atoms with Crippen molar-refractivity contribution in [1.29, 1.82) is 0 Å². The summed E-state index contributed by atoms with van der Waals surface area (Å²) in [6.45, 7) is 2.60. The number of rotatable bonds is 2. The van der Waals surface area contributed by atoms with Gasteiger partial charge in [0.1, 0.15) is 23.2 Å². The van der Waals surface area contributed by atoms with Crippen LogP contribution in [0.1, 0.15) is 44.5 Å². The molecular formula is C51H43N2P2+. The molecule has 5 aliphatic rings. The van der Waals surface area contributed by atoms with Crippen LogP contribution in [0.3, 0.4) is 0 Å². The minimum absolute atomic E-state index is 0.939. The molecule has 6 aromatic rings. The summed E-state index contributed by atoms with van der Waals surface area (Å²) in [6.07, 6.45) is 22.7. The van der Waals surface area contributed by atoms with Crippen molar-refractivity contribution in [2.24, 2.45) is 0 Å². The molecule has 2 nitrogen and oxygen atoms in total. The summed E-state index contributed by atoms with van der Waals surface area (Å²) in [5, 5.41) is 8.53. The fraction of sp³-hybridized carbons (Fsp3) is 0.137. The van der Waals surface area contributed by atoms with Crippen LogP contribution in [0, 0.1) is 0 Å². The maximum absolute atomic E-state index is 2.65. The monoisotopic (exact) mass is 745 g/mol. The van der Waals surface area contributed by atoms with Gasteiger partial charge in [0.15, 0.2) is 0 Å². The first-order chi connectivity index (χ1) is 27.0. The van der Waals surface area contributed by atoms with E-state index in [1.165, 1.54) is 99.1 Å². The van der Waals surface area contributed by atoms with Crippen LogP contribution in [-0.4, -0.2) is 20.8 Å². The lowest BCUT2D eigenvalue weighted by Crippen LogP contribution is -2.39. The summed E-state index contributed by atoms with van der Waals surface area (Å²) in [5.74, 6) is 0. The zero-order valence-electron chi connectivity index (χ0n) is 31.6. The molecule has 55 heavy (non-hydrogen) atoms. The SMILES string of the molecule is CN1c2cc3c(cc2P(c2ccccc2)c2ccc4c(c2N(C)c2c(ccc5c2C=CC5)[P+](C)(c2ccccc2)c2cc5c(cc21)CC=C5)CC=C4)CC=C3. The molecule has 0 saturated carbocycles. The average molecular weight is 746 g/mol. The van der Waals surface area contributed by atoms with Crippen LogP contribution in [0.5, 0.6) is 0 Å². The lowest BCUT2D eigenvalue weighted by atomic mass is 10.0. The van der Waals surface area contributed by atoms with E-state index in [4.69, 9.17) is 0 Å². The van der Waals surface area contributed by atoms with Gasteiger partial charge >= 0.3 is 0 Å². The van der Waals surface area contributed by atoms with E-state index in [2.05, 4.69) is 188 Å². The minimum atomic E-state index is -2.29. The van der Waals surface area contributed by atoms with Gasteiger partial charge in [0.25, 0.3) is 0 Å². The quantitative estimate of drug-likeness (QED) is 0.163. The van der Waals surface area contributed by atoms with Crippen LogP contribution in [-0.2, 0) is 25.7 Å².